The molecule has 0 N–H and O–H groups in total. The number of likely N-dealkylation sites (N-methyl/N-ethyl adjacent to an activating group) is 1. The van der Waals surface area contributed by atoms with E-state index in [4.69, 9.17) is 23.2 Å². The van der Waals surface area contributed by atoms with Crippen LogP contribution in [-0.2, 0) is 22.3 Å². The van der Waals surface area contributed by atoms with E-state index in [9.17, 15) is 27.2 Å². The zero-order chi connectivity index (χ0) is 26.8. The highest BCUT2D eigenvalue weighted by atomic mass is 35.5. The van der Waals surface area contributed by atoms with Gasteiger partial charge in [-0.2, -0.15) is 13.2 Å². The van der Waals surface area contributed by atoms with E-state index in [1.54, 1.807) is 38.2 Å². The van der Waals surface area contributed by atoms with E-state index in [2.05, 4.69) is 0 Å². The number of carbonyl (C=O) groups is 2. The highest BCUT2D eigenvalue weighted by molar-refractivity contribution is 6.42. The molecule has 0 aliphatic carbocycles. The summed E-state index contributed by atoms with van der Waals surface area (Å²) in [5, 5.41) is 0.750. The van der Waals surface area contributed by atoms with Crippen LogP contribution in [0.4, 0.5) is 17.6 Å². The third kappa shape index (κ3) is 6.69. The van der Waals surface area contributed by atoms with Gasteiger partial charge in [-0.15, -0.1) is 0 Å². The Morgan fingerprint density at radius 1 is 1.00 bits per heavy atom. The molecule has 1 saturated heterocycles. The molecule has 0 spiro atoms. The number of likely N-dealkylation sites (tertiary alicyclic amines) is 1. The predicted octanol–water partition coefficient (Wildman–Crippen LogP) is 5.45. The molecular weight excluding hydrogens is 521 g/mol. The van der Waals surface area contributed by atoms with Gasteiger partial charge in [-0.1, -0.05) is 35.3 Å². The first-order chi connectivity index (χ1) is 16.8. The van der Waals surface area contributed by atoms with E-state index in [-0.39, 0.29) is 43.2 Å². The van der Waals surface area contributed by atoms with Gasteiger partial charge < -0.3 is 9.80 Å². The summed E-state index contributed by atoms with van der Waals surface area (Å²) in [5.41, 5.74) is -0.0933. The van der Waals surface area contributed by atoms with E-state index in [1.807, 2.05) is 11.0 Å². The van der Waals surface area contributed by atoms with Gasteiger partial charge in [0.1, 0.15) is 5.82 Å². The summed E-state index contributed by atoms with van der Waals surface area (Å²) in [4.78, 5) is 29.8. The van der Waals surface area contributed by atoms with Gasteiger partial charge in [0.15, 0.2) is 0 Å². The largest absolute Gasteiger partial charge is 0.419 e. The highest BCUT2D eigenvalue weighted by Gasteiger charge is 2.39. The van der Waals surface area contributed by atoms with E-state index in [0.717, 1.165) is 17.7 Å². The van der Waals surface area contributed by atoms with Crippen molar-refractivity contribution >= 4 is 35.0 Å². The van der Waals surface area contributed by atoms with Gasteiger partial charge >= 0.3 is 6.18 Å². The SMILES string of the molecule is CN(C)C(=O)CCC(=O)N1CC(c2ccc(Cl)c(Cl)c2)C(N(C)Cc2ccc(C(F)(F)F)c(F)c2)C1. The second kappa shape index (κ2) is 11.4. The lowest BCUT2D eigenvalue weighted by Gasteiger charge is -2.29. The quantitative estimate of drug-likeness (QED) is 0.433. The van der Waals surface area contributed by atoms with Crippen LogP contribution in [0, 0.1) is 5.82 Å². The zero-order valence-corrected chi connectivity index (χ0v) is 21.6. The van der Waals surface area contributed by atoms with Crippen molar-refractivity contribution in [2.75, 3.05) is 34.2 Å². The molecule has 3 rings (SSSR count). The summed E-state index contributed by atoms with van der Waals surface area (Å²) in [6, 6.07) is 7.86. The molecule has 2 unspecified atom stereocenters. The van der Waals surface area contributed by atoms with E-state index < -0.39 is 17.6 Å². The minimum atomic E-state index is -4.77. The Morgan fingerprint density at radius 3 is 2.28 bits per heavy atom. The summed E-state index contributed by atoms with van der Waals surface area (Å²) in [5.74, 6) is -1.84. The number of rotatable bonds is 7. The monoisotopic (exact) mass is 547 g/mol. The number of carbonyl (C=O) groups excluding carboxylic acids is 2. The molecule has 2 amide bonds. The minimum Gasteiger partial charge on any atom is -0.349 e. The fourth-order valence-electron chi connectivity index (χ4n) is 4.40. The van der Waals surface area contributed by atoms with Gasteiger partial charge in [0, 0.05) is 58.5 Å². The third-order valence-corrected chi connectivity index (χ3v) is 7.14. The molecule has 196 valence electrons. The van der Waals surface area contributed by atoms with E-state index >= 15 is 0 Å². The summed E-state index contributed by atoms with van der Waals surface area (Å²) in [6.07, 6.45) is -4.62. The molecule has 2 aromatic carbocycles. The van der Waals surface area contributed by atoms with Gasteiger partial charge in [-0.25, -0.2) is 4.39 Å². The Balaban J connectivity index is 1.82. The van der Waals surface area contributed by atoms with E-state index in [1.165, 1.54) is 11.0 Å². The van der Waals surface area contributed by atoms with Crippen molar-refractivity contribution in [1.29, 1.82) is 0 Å². The van der Waals surface area contributed by atoms with Crippen molar-refractivity contribution in [2.45, 2.75) is 37.5 Å². The maximum Gasteiger partial charge on any atom is 0.419 e. The Hall–Kier alpha value is -2.36. The molecule has 0 bridgehead atoms. The summed E-state index contributed by atoms with van der Waals surface area (Å²) in [6.45, 7) is 0.863. The van der Waals surface area contributed by atoms with Gasteiger partial charge in [0.2, 0.25) is 11.8 Å². The predicted molar refractivity (Wildman–Crippen MR) is 130 cm³/mol. The number of benzene rings is 2. The van der Waals surface area contributed by atoms with Crippen LogP contribution in [0.5, 0.6) is 0 Å². The molecule has 1 heterocycles. The molecule has 5 nitrogen and oxygen atoms in total. The Labute approximate surface area is 217 Å². The van der Waals surface area contributed by atoms with Crippen LogP contribution >= 0.6 is 23.2 Å². The van der Waals surface area contributed by atoms with Crippen LogP contribution in [0.3, 0.4) is 0 Å². The molecular formula is C25H27Cl2F4N3O2. The van der Waals surface area contributed by atoms with Crippen molar-refractivity contribution in [3.05, 3.63) is 69.0 Å². The number of hydrogen-bond acceptors (Lipinski definition) is 3. The lowest BCUT2D eigenvalue weighted by Crippen LogP contribution is -2.38. The molecule has 2 atom stereocenters. The number of amides is 2. The second-order valence-electron chi connectivity index (χ2n) is 9.16. The smallest absolute Gasteiger partial charge is 0.349 e. The van der Waals surface area contributed by atoms with Crippen molar-refractivity contribution in [2.24, 2.45) is 0 Å². The van der Waals surface area contributed by atoms with Crippen LogP contribution in [0.2, 0.25) is 10.0 Å². The summed E-state index contributed by atoms with van der Waals surface area (Å²) >= 11 is 12.3. The lowest BCUT2D eigenvalue weighted by molar-refractivity contribution is -0.140. The molecule has 0 saturated carbocycles. The van der Waals surface area contributed by atoms with Gasteiger partial charge in [0.05, 0.1) is 15.6 Å². The van der Waals surface area contributed by atoms with Crippen LogP contribution in [0.15, 0.2) is 36.4 Å². The molecule has 11 heteroatoms. The summed E-state index contributed by atoms with van der Waals surface area (Å²) in [7, 11) is 5.02. The standard InChI is InChI=1S/C25H27Cl2F4N3O2/c1-32(2)23(35)8-9-24(36)34-13-17(16-5-7-19(26)20(27)11-16)22(14-34)33(3)12-15-4-6-18(21(28)10-15)25(29,30)31/h4-7,10-11,17,22H,8-9,12-14H2,1-3H3. The molecule has 0 radical (unpaired) electrons. The first-order valence-electron chi connectivity index (χ1n) is 11.3. The van der Waals surface area contributed by atoms with E-state index in [0.29, 0.717) is 28.7 Å². The number of nitrogens with zero attached hydrogens (tertiary/aromatic N) is 3. The Kier molecular flexibility index (Phi) is 8.90. The Bertz CT molecular complexity index is 1130. The van der Waals surface area contributed by atoms with Gasteiger partial charge in [0.25, 0.3) is 0 Å². The van der Waals surface area contributed by atoms with Gasteiger partial charge in [-0.05, 0) is 42.4 Å². The fraction of sp³-hybridized carbons (Fsp3) is 0.440. The fourth-order valence-corrected chi connectivity index (χ4v) is 4.70. The average Bonchev–Trinajstić information content (AvgIpc) is 3.24. The third-order valence-electron chi connectivity index (χ3n) is 6.40. The Morgan fingerprint density at radius 2 is 1.69 bits per heavy atom. The van der Waals surface area contributed by atoms with Crippen LogP contribution in [0.25, 0.3) is 0 Å². The lowest BCUT2D eigenvalue weighted by atomic mass is 9.93. The molecule has 2 aromatic rings. The maximum absolute atomic E-state index is 14.1. The molecule has 1 fully saturated rings. The van der Waals surface area contributed by atoms with Crippen LogP contribution < -0.4 is 0 Å². The number of hydrogen-bond donors (Lipinski definition) is 0. The molecule has 36 heavy (non-hydrogen) atoms. The molecule has 1 aliphatic rings. The summed E-state index contributed by atoms with van der Waals surface area (Å²) < 4.78 is 52.9. The zero-order valence-electron chi connectivity index (χ0n) is 20.1. The normalized spacial score (nSPS) is 18.1. The second-order valence-corrected chi connectivity index (χ2v) is 9.98. The minimum absolute atomic E-state index is 0.0612. The van der Waals surface area contributed by atoms with Crippen molar-refractivity contribution in [1.82, 2.24) is 14.7 Å². The van der Waals surface area contributed by atoms with Crippen molar-refractivity contribution in [3.63, 3.8) is 0 Å². The van der Waals surface area contributed by atoms with Crippen molar-refractivity contribution < 1.29 is 27.2 Å². The first kappa shape index (κ1) is 28.2. The first-order valence-corrected chi connectivity index (χ1v) is 12.0. The maximum atomic E-state index is 14.1. The number of halogens is 6. The van der Waals surface area contributed by atoms with Crippen molar-refractivity contribution in [3.8, 4) is 0 Å². The average molecular weight is 548 g/mol. The van der Waals surface area contributed by atoms with Crippen LogP contribution in [-0.4, -0.2) is 66.8 Å². The van der Waals surface area contributed by atoms with Crippen LogP contribution in [0.1, 0.15) is 35.4 Å². The highest BCUT2D eigenvalue weighted by Crippen LogP contribution is 2.36. The topological polar surface area (TPSA) is 43.9 Å². The molecule has 1 aliphatic heterocycles. The molecule has 0 aromatic heterocycles. The number of alkyl halides is 3. The van der Waals surface area contributed by atoms with Gasteiger partial charge in [-0.3, -0.25) is 14.5 Å².